The minimum atomic E-state index is -0.318. The van der Waals surface area contributed by atoms with Crippen LogP contribution in [0.1, 0.15) is 32.2 Å². The van der Waals surface area contributed by atoms with Crippen LogP contribution in [0.3, 0.4) is 0 Å². The van der Waals surface area contributed by atoms with Crippen molar-refractivity contribution in [3.8, 4) is 0 Å². The summed E-state index contributed by atoms with van der Waals surface area (Å²) in [7, 11) is 0. The van der Waals surface area contributed by atoms with E-state index in [2.05, 4.69) is 15.4 Å². The van der Waals surface area contributed by atoms with Gasteiger partial charge in [0.25, 0.3) is 11.8 Å². The topological polar surface area (TPSA) is 80.1 Å². The van der Waals surface area contributed by atoms with E-state index in [4.69, 9.17) is 23.2 Å². The number of carbonyl (C=O) groups excluding carboxylic acids is 2. The highest BCUT2D eigenvalue weighted by Gasteiger charge is 2.28. The molecule has 1 aliphatic rings. The van der Waals surface area contributed by atoms with Gasteiger partial charge in [0, 0.05) is 59.6 Å². The smallest absolute Gasteiger partial charge is 0.272 e. The molecule has 7 nitrogen and oxygen atoms in total. The molecule has 1 aromatic carbocycles. The van der Waals surface area contributed by atoms with E-state index in [9.17, 15) is 9.59 Å². The summed E-state index contributed by atoms with van der Waals surface area (Å²) in [4.78, 5) is 31.3. The fourth-order valence-corrected chi connectivity index (χ4v) is 3.83. The number of nitrogens with zero attached hydrogens (tertiary/aromatic N) is 4. The fraction of sp³-hybridized carbons (Fsp3) is 0.238. The Hall–Kier alpha value is -2.90. The van der Waals surface area contributed by atoms with E-state index in [1.807, 2.05) is 18.2 Å². The van der Waals surface area contributed by atoms with Gasteiger partial charge in [0.15, 0.2) is 5.69 Å². The molecule has 0 fully saturated rings. The molecule has 0 atom stereocenters. The number of pyridine rings is 1. The molecule has 0 aliphatic carbocycles. The number of fused-ring (bicyclic) bond motifs is 1. The van der Waals surface area contributed by atoms with E-state index in [1.54, 1.807) is 34.0 Å². The molecular weight excluding hydrogens is 425 g/mol. The molecule has 3 aromatic rings. The molecule has 0 saturated carbocycles. The highest BCUT2D eigenvalue weighted by Crippen LogP contribution is 2.27. The number of hydrogen-bond donors (Lipinski definition) is 1. The van der Waals surface area contributed by atoms with Crippen LogP contribution in [0.2, 0.25) is 10.0 Å². The first-order valence-corrected chi connectivity index (χ1v) is 10.3. The lowest BCUT2D eigenvalue weighted by Gasteiger charge is -2.28. The van der Waals surface area contributed by atoms with Crippen LogP contribution < -0.4 is 5.32 Å². The largest absolute Gasteiger partial charge is 0.350 e. The number of aromatic nitrogens is 3. The number of halogens is 2. The molecule has 2 aromatic heterocycles. The van der Waals surface area contributed by atoms with E-state index < -0.39 is 0 Å². The normalized spacial score (nSPS) is 13.3. The van der Waals surface area contributed by atoms with Crippen molar-refractivity contribution in [1.82, 2.24) is 25.0 Å². The van der Waals surface area contributed by atoms with Gasteiger partial charge in [-0.15, -0.1) is 0 Å². The maximum absolute atomic E-state index is 12.9. The third-order valence-electron chi connectivity index (χ3n) is 4.90. The summed E-state index contributed by atoms with van der Waals surface area (Å²) in [6, 6.07) is 12.4. The number of carbonyl (C=O) groups is 2. The molecule has 0 radical (unpaired) electrons. The van der Waals surface area contributed by atoms with Gasteiger partial charge in [0.1, 0.15) is 5.69 Å². The summed E-state index contributed by atoms with van der Waals surface area (Å²) >= 11 is 12.5. The Morgan fingerprint density at radius 2 is 1.90 bits per heavy atom. The van der Waals surface area contributed by atoms with Gasteiger partial charge in [-0.25, -0.2) is 0 Å². The number of nitrogens with one attached hydrogen (secondary N) is 1. The maximum atomic E-state index is 12.9. The second-order valence-corrected chi connectivity index (χ2v) is 7.71. The zero-order chi connectivity index (χ0) is 21.1. The Labute approximate surface area is 183 Å². The van der Waals surface area contributed by atoms with Crippen LogP contribution in [0.4, 0.5) is 0 Å². The van der Waals surface area contributed by atoms with Gasteiger partial charge >= 0.3 is 0 Å². The first-order valence-electron chi connectivity index (χ1n) is 9.51. The predicted octanol–water partition coefficient (Wildman–Crippen LogP) is 3.21. The monoisotopic (exact) mass is 443 g/mol. The van der Waals surface area contributed by atoms with E-state index in [0.717, 1.165) is 5.69 Å². The van der Waals surface area contributed by atoms with Crippen LogP contribution in [0.25, 0.3) is 0 Å². The molecule has 154 valence electrons. The SMILES string of the molecule is O=C(NCCc1ccccn1)c1cc2n(n1)CCN(Cc1c(Cl)cccc1Cl)C2=O. The minimum absolute atomic E-state index is 0.211. The van der Waals surface area contributed by atoms with Gasteiger partial charge in [-0.3, -0.25) is 19.3 Å². The second-order valence-electron chi connectivity index (χ2n) is 6.89. The van der Waals surface area contributed by atoms with Crippen LogP contribution in [0.15, 0.2) is 48.7 Å². The van der Waals surface area contributed by atoms with E-state index >= 15 is 0 Å². The summed E-state index contributed by atoms with van der Waals surface area (Å²) in [6.45, 7) is 1.68. The number of hydrogen-bond acceptors (Lipinski definition) is 4. The molecule has 9 heteroatoms. The molecule has 2 amide bonds. The van der Waals surface area contributed by atoms with Crippen LogP contribution in [0, 0.1) is 0 Å². The summed E-state index contributed by atoms with van der Waals surface area (Å²) in [5.41, 5.74) is 2.19. The van der Waals surface area contributed by atoms with Gasteiger partial charge in [-0.1, -0.05) is 35.3 Å². The van der Waals surface area contributed by atoms with Crippen molar-refractivity contribution in [3.05, 3.63) is 81.4 Å². The quantitative estimate of drug-likeness (QED) is 0.633. The fourth-order valence-electron chi connectivity index (χ4n) is 3.32. The lowest BCUT2D eigenvalue weighted by molar-refractivity contribution is 0.0683. The third kappa shape index (κ3) is 4.32. The first kappa shape index (κ1) is 20.4. The van der Waals surface area contributed by atoms with Crippen molar-refractivity contribution in [2.45, 2.75) is 19.5 Å². The van der Waals surface area contributed by atoms with Crippen molar-refractivity contribution in [3.63, 3.8) is 0 Å². The highest BCUT2D eigenvalue weighted by molar-refractivity contribution is 6.36. The van der Waals surface area contributed by atoms with Crippen LogP contribution in [0.5, 0.6) is 0 Å². The van der Waals surface area contributed by atoms with E-state index in [1.165, 1.54) is 6.07 Å². The molecule has 30 heavy (non-hydrogen) atoms. The number of rotatable bonds is 6. The molecule has 4 rings (SSSR count). The zero-order valence-corrected chi connectivity index (χ0v) is 17.5. The van der Waals surface area contributed by atoms with Crippen molar-refractivity contribution in [2.75, 3.05) is 13.1 Å². The summed E-state index contributed by atoms with van der Waals surface area (Å²) in [5.74, 6) is -0.529. The average Bonchev–Trinajstić information content (AvgIpc) is 3.18. The Morgan fingerprint density at radius 3 is 2.63 bits per heavy atom. The first-order chi connectivity index (χ1) is 14.5. The Kier molecular flexibility index (Phi) is 6.01. The Morgan fingerprint density at radius 1 is 1.10 bits per heavy atom. The van der Waals surface area contributed by atoms with Gasteiger partial charge in [0.2, 0.25) is 0 Å². The van der Waals surface area contributed by atoms with Crippen LogP contribution in [-0.4, -0.2) is 44.6 Å². The van der Waals surface area contributed by atoms with Crippen molar-refractivity contribution >= 4 is 35.0 Å². The van der Waals surface area contributed by atoms with Crippen LogP contribution in [-0.2, 0) is 19.5 Å². The average molecular weight is 444 g/mol. The number of amides is 2. The van der Waals surface area contributed by atoms with E-state index in [0.29, 0.717) is 53.9 Å². The number of benzene rings is 1. The zero-order valence-electron chi connectivity index (χ0n) is 16.0. The molecule has 1 N–H and O–H groups in total. The predicted molar refractivity (Wildman–Crippen MR) is 114 cm³/mol. The molecule has 1 aliphatic heterocycles. The van der Waals surface area contributed by atoms with Crippen LogP contribution >= 0.6 is 23.2 Å². The lowest BCUT2D eigenvalue weighted by atomic mass is 10.2. The van der Waals surface area contributed by atoms with Gasteiger partial charge in [-0.2, -0.15) is 5.10 Å². The standard InChI is InChI=1S/C21H19Cl2N5O2/c22-16-5-3-6-17(23)15(16)13-27-10-11-28-19(21(27)30)12-18(26-28)20(29)25-9-7-14-4-1-2-8-24-14/h1-6,8,12H,7,9-11,13H2,(H,25,29). The Balaban J connectivity index is 1.42. The van der Waals surface area contributed by atoms with Crippen molar-refractivity contribution in [2.24, 2.45) is 0 Å². The molecule has 0 bridgehead atoms. The van der Waals surface area contributed by atoms with Crippen molar-refractivity contribution in [1.29, 1.82) is 0 Å². The van der Waals surface area contributed by atoms with Crippen molar-refractivity contribution < 1.29 is 9.59 Å². The molecule has 0 saturated heterocycles. The molecule has 3 heterocycles. The minimum Gasteiger partial charge on any atom is -0.350 e. The van der Waals surface area contributed by atoms with E-state index in [-0.39, 0.29) is 17.5 Å². The highest BCUT2D eigenvalue weighted by atomic mass is 35.5. The lowest BCUT2D eigenvalue weighted by Crippen LogP contribution is -2.39. The third-order valence-corrected chi connectivity index (χ3v) is 5.61. The van der Waals surface area contributed by atoms with Gasteiger partial charge in [0.05, 0.1) is 6.54 Å². The maximum Gasteiger partial charge on any atom is 0.272 e. The summed E-state index contributed by atoms with van der Waals surface area (Å²) < 4.78 is 1.57. The molecule has 0 spiro atoms. The molecule has 0 unspecified atom stereocenters. The summed E-state index contributed by atoms with van der Waals surface area (Å²) in [6.07, 6.45) is 2.33. The van der Waals surface area contributed by atoms with Gasteiger partial charge in [-0.05, 0) is 24.3 Å². The molecular formula is C21H19Cl2N5O2. The van der Waals surface area contributed by atoms with Gasteiger partial charge < -0.3 is 10.2 Å². The Bertz CT molecular complexity index is 1060. The second kappa shape index (κ2) is 8.85. The summed E-state index contributed by atoms with van der Waals surface area (Å²) in [5, 5.41) is 8.15.